The van der Waals surface area contributed by atoms with Crippen LogP contribution in [0.2, 0.25) is 0 Å². The number of nitrogens with one attached hydrogen (secondary N) is 2. The normalized spacial score (nSPS) is 13.8. The molecular formula is C32H45N3O6S. The fraction of sp³-hybridized carbons (Fsp3) is 0.500. The molecule has 10 heteroatoms. The molecule has 0 fully saturated rings. The molecule has 3 unspecified atom stereocenters. The van der Waals surface area contributed by atoms with Crippen LogP contribution in [-0.2, 0) is 30.3 Å². The van der Waals surface area contributed by atoms with Crippen molar-refractivity contribution in [1.29, 1.82) is 0 Å². The summed E-state index contributed by atoms with van der Waals surface area (Å²) in [6.07, 6.45) is -0.582. The number of hydrogen-bond donors (Lipinski definition) is 3. The first kappa shape index (κ1) is 34.7. The van der Waals surface area contributed by atoms with Gasteiger partial charge in [-0.15, -0.1) is 0 Å². The zero-order valence-corrected chi connectivity index (χ0v) is 27.0. The maximum absolute atomic E-state index is 14.1. The number of alkyl carbamates (subject to hydrolysis) is 1. The first-order valence-corrected chi connectivity index (χ1v) is 14.6. The quantitative estimate of drug-likeness (QED) is 0.270. The van der Waals surface area contributed by atoms with E-state index in [1.165, 1.54) is 11.9 Å². The van der Waals surface area contributed by atoms with Crippen LogP contribution in [0.5, 0.6) is 0 Å². The largest absolute Gasteiger partial charge is 0.458 e. The monoisotopic (exact) mass is 599 g/mol. The first-order chi connectivity index (χ1) is 19.4. The number of rotatable bonds is 10. The number of aryl methyl sites for hydroxylation is 2. The molecule has 230 valence electrons. The third kappa shape index (κ3) is 11.0. The van der Waals surface area contributed by atoms with Crippen LogP contribution in [-0.4, -0.2) is 64.9 Å². The molecule has 2 aromatic rings. The smallest absolute Gasteiger partial charge is 0.408 e. The summed E-state index contributed by atoms with van der Waals surface area (Å²) in [5.41, 5.74) is 1.64. The number of likely N-dealkylation sites (N-methyl/N-ethyl adjacent to an activating group) is 1. The predicted molar refractivity (Wildman–Crippen MR) is 166 cm³/mol. The van der Waals surface area contributed by atoms with Crippen LogP contribution >= 0.6 is 12.6 Å². The van der Waals surface area contributed by atoms with E-state index in [4.69, 9.17) is 9.47 Å². The molecule has 0 aliphatic heterocycles. The Morgan fingerprint density at radius 3 is 1.88 bits per heavy atom. The third-order valence-corrected chi connectivity index (χ3v) is 6.37. The second kappa shape index (κ2) is 14.6. The first-order valence-electron chi connectivity index (χ1n) is 13.9. The maximum atomic E-state index is 14.1. The Morgan fingerprint density at radius 2 is 1.38 bits per heavy atom. The summed E-state index contributed by atoms with van der Waals surface area (Å²) in [7, 11) is 1.48. The van der Waals surface area contributed by atoms with E-state index in [-0.39, 0.29) is 12.2 Å². The fourth-order valence-electron chi connectivity index (χ4n) is 4.39. The molecular weight excluding hydrogens is 554 g/mol. The second-order valence-electron chi connectivity index (χ2n) is 12.4. The van der Waals surface area contributed by atoms with Gasteiger partial charge in [0.05, 0.1) is 0 Å². The predicted octanol–water partition coefficient (Wildman–Crippen LogP) is 4.70. The fourth-order valence-corrected chi connectivity index (χ4v) is 4.64. The molecule has 0 radical (unpaired) electrons. The molecule has 9 nitrogen and oxygen atoms in total. The van der Waals surface area contributed by atoms with Gasteiger partial charge in [0.2, 0.25) is 11.8 Å². The lowest BCUT2D eigenvalue weighted by Crippen LogP contribution is -2.54. The Bertz CT molecular complexity index is 1230. The molecule has 0 aromatic heterocycles. The van der Waals surface area contributed by atoms with Crippen molar-refractivity contribution in [3.05, 3.63) is 70.8 Å². The van der Waals surface area contributed by atoms with Gasteiger partial charge in [-0.3, -0.25) is 9.59 Å². The van der Waals surface area contributed by atoms with E-state index >= 15 is 0 Å². The summed E-state index contributed by atoms with van der Waals surface area (Å²) >= 11 is 4.27. The van der Waals surface area contributed by atoms with Gasteiger partial charge >= 0.3 is 12.1 Å². The summed E-state index contributed by atoms with van der Waals surface area (Å²) in [5.74, 6) is -1.74. The molecule has 0 bridgehead atoms. The van der Waals surface area contributed by atoms with Gasteiger partial charge in [0.25, 0.3) is 0 Å². The molecule has 2 aromatic carbocycles. The Hall–Kier alpha value is -3.53. The van der Waals surface area contributed by atoms with Crippen LogP contribution in [0.4, 0.5) is 4.79 Å². The standard InChI is InChI=1S/C32H45N3O6S/c1-20-15-21(2)17-23(16-20)26(35(9)28(37)25(19-42)34-30(39)41-32(6,7)8)27(36)33-24(29(38)40-31(3,4)5)18-22-13-11-10-12-14-22/h10-17,24-26,42H,18-19H2,1-9H3,(H,33,36)(H,34,39). The molecule has 0 aliphatic carbocycles. The van der Waals surface area contributed by atoms with E-state index in [0.29, 0.717) is 5.56 Å². The molecule has 0 spiro atoms. The Balaban J connectivity index is 2.46. The highest BCUT2D eigenvalue weighted by atomic mass is 32.1. The lowest BCUT2D eigenvalue weighted by molar-refractivity contribution is -0.159. The van der Waals surface area contributed by atoms with Crippen molar-refractivity contribution in [3.63, 3.8) is 0 Å². The molecule has 3 amide bonds. The molecule has 2 N–H and O–H groups in total. The topological polar surface area (TPSA) is 114 Å². The van der Waals surface area contributed by atoms with Gasteiger partial charge in [-0.2, -0.15) is 12.6 Å². The summed E-state index contributed by atoms with van der Waals surface area (Å²) in [6, 6.07) is 11.7. The van der Waals surface area contributed by atoms with E-state index in [1.807, 2.05) is 62.4 Å². The number of amides is 3. The number of benzene rings is 2. The van der Waals surface area contributed by atoms with Crippen molar-refractivity contribution in [3.8, 4) is 0 Å². The number of hydrogen-bond acceptors (Lipinski definition) is 7. The Kier molecular flexibility index (Phi) is 12.0. The zero-order valence-electron chi connectivity index (χ0n) is 26.1. The van der Waals surface area contributed by atoms with Crippen LogP contribution in [0.3, 0.4) is 0 Å². The van der Waals surface area contributed by atoms with E-state index in [1.54, 1.807) is 41.5 Å². The molecule has 42 heavy (non-hydrogen) atoms. The minimum Gasteiger partial charge on any atom is -0.458 e. The highest BCUT2D eigenvalue weighted by molar-refractivity contribution is 7.80. The highest BCUT2D eigenvalue weighted by Crippen LogP contribution is 2.25. The summed E-state index contributed by atoms with van der Waals surface area (Å²) in [6.45, 7) is 14.2. The van der Waals surface area contributed by atoms with E-state index in [0.717, 1.165) is 16.7 Å². The number of ether oxygens (including phenoxy) is 2. The SMILES string of the molecule is Cc1cc(C)cc(C(C(=O)NC(Cc2ccccc2)C(=O)OC(C)(C)C)N(C)C(=O)C(CS)NC(=O)OC(C)(C)C)c1. The number of thiol groups is 1. The maximum Gasteiger partial charge on any atom is 0.408 e. The van der Waals surface area contributed by atoms with Crippen LogP contribution in [0.15, 0.2) is 48.5 Å². The van der Waals surface area contributed by atoms with Crippen molar-refractivity contribution in [1.82, 2.24) is 15.5 Å². The van der Waals surface area contributed by atoms with Crippen LogP contribution in [0, 0.1) is 13.8 Å². The average molecular weight is 600 g/mol. The average Bonchev–Trinajstić information content (AvgIpc) is 2.84. The highest BCUT2D eigenvalue weighted by Gasteiger charge is 2.36. The summed E-state index contributed by atoms with van der Waals surface area (Å²) in [5, 5.41) is 5.41. The van der Waals surface area contributed by atoms with Gasteiger partial charge in [-0.1, -0.05) is 59.7 Å². The Labute approximate surface area is 255 Å². The van der Waals surface area contributed by atoms with Gasteiger partial charge in [-0.25, -0.2) is 9.59 Å². The van der Waals surface area contributed by atoms with Gasteiger partial charge < -0.3 is 25.0 Å². The third-order valence-electron chi connectivity index (χ3n) is 6.01. The lowest BCUT2D eigenvalue weighted by Gasteiger charge is -2.33. The van der Waals surface area contributed by atoms with Crippen molar-refractivity contribution >= 4 is 36.5 Å². The molecule has 0 heterocycles. The zero-order chi connectivity index (χ0) is 31.8. The molecule has 2 rings (SSSR count). The number of carbonyl (C=O) groups is 4. The van der Waals surface area contributed by atoms with Crippen LogP contribution in [0.25, 0.3) is 0 Å². The molecule has 3 atom stereocenters. The van der Waals surface area contributed by atoms with E-state index < -0.39 is 53.2 Å². The van der Waals surface area contributed by atoms with Crippen LogP contribution in [0.1, 0.15) is 69.8 Å². The van der Waals surface area contributed by atoms with Crippen molar-refractivity contribution < 1.29 is 28.7 Å². The second-order valence-corrected chi connectivity index (χ2v) is 12.8. The van der Waals surface area contributed by atoms with Crippen LogP contribution < -0.4 is 10.6 Å². The lowest BCUT2D eigenvalue weighted by atomic mass is 9.98. The van der Waals surface area contributed by atoms with Crippen molar-refractivity contribution in [2.24, 2.45) is 0 Å². The minimum absolute atomic E-state index is 0.0296. The summed E-state index contributed by atoms with van der Waals surface area (Å²) < 4.78 is 11.0. The Morgan fingerprint density at radius 1 is 0.833 bits per heavy atom. The minimum atomic E-state index is -1.13. The van der Waals surface area contributed by atoms with Gasteiger partial charge in [0, 0.05) is 19.2 Å². The molecule has 0 aliphatic rings. The van der Waals surface area contributed by atoms with Crippen molar-refractivity contribution in [2.45, 2.75) is 91.1 Å². The number of carbonyl (C=O) groups excluding carboxylic acids is 4. The molecule has 0 saturated carbocycles. The summed E-state index contributed by atoms with van der Waals surface area (Å²) in [4.78, 5) is 54.7. The number of nitrogens with zero attached hydrogens (tertiary/aromatic N) is 1. The van der Waals surface area contributed by atoms with E-state index in [9.17, 15) is 19.2 Å². The van der Waals surface area contributed by atoms with Gasteiger partial charge in [0.1, 0.15) is 29.3 Å². The van der Waals surface area contributed by atoms with E-state index in [2.05, 4.69) is 23.3 Å². The van der Waals surface area contributed by atoms with Gasteiger partial charge in [0.15, 0.2) is 0 Å². The van der Waals surface area contributed by atoms with Gasteiger partial charge in [-0.05, 0) is 66.5 Å². The van der Waals surface area contributed by atoms with Crippen molar-refractivity contribution in [2.75, 3.05) is 12.8 Å². The molecule has 0 saturated heterocycles. The number of esters is 1.